The third kappa shape index (κ3) is 7.25. The smallest absolute Gasteiger partial charge is 0.330 e. The molecule has 4 rings (SSSR count). The number of anilines is 1. The van der Waals surface area contributed by atoms with Crippen molar-refractivity contribution in [1.82, 2.24) is 14.0 Å². The fourth-order valence-corrected chi connectivity index (χ4v) is 6.12. The van der Waals surface area contributed by atoms with E-state index >= 15 is 0 Å². The van der Waals surface area contributed by atoms with E-state index in [2.05, 4.69) is 39.2 Å². The van der Waals surface area contributed by atoms with Crippen LogP contribution in [0, 0.1) is 0 Å². The zero-order chi connectivity index (χ0) is 33.1. The van der Waals surface area contributed by atoms with Gasteiger partial charge in [-0.15, -0.1) is 0 Å². The van der Waals surface area contributed by atoms with Gasteiger partial charge >= 0.3 is 5.69 Å². The summed E-state index contributed by atoms with van der Waals surface area (Å²) in [5, 5.41) is 3.13. The van der Waals surface area contributed by atoms with Gasteiger partial charge < -0.3 is 28.7 Å². The maximum absolute atomic E-state index is 14.3. The minimum Gasteiger partial charge on any atom is -0.493 e. The van der Waals surface area contributed by atoms with Crippen LogP contribution in [-0.4, -0.2) is 61.6 Å². The average Bonchev–Trinajstić information content (AvgIpc) is 3.02. The van der Waals surface area contributed by atoms with E-state index in [0.29, 0.717) is 47.9 Å². The number of aromatic nitrogens is 2. The molecular formula is C34H46N4O6Si. The van der Waals surface area contributed by atoms with Gasteiger partial charge in [0, 0.05) is 40.0 Å². The van der Waals surface area contributed by atoms with Crippen molar-refractivity contribution in [2.24, 2.45) is 14.1 Å². The van der Waals surface area contributed by atoms with Gasteiger partial charge in [-0.1, -0.05) is 57.2 Å². The summed E-state index contributed by atoms with van der Waals surface area (Å²) in [6.07, 6.45) is 3.88. The zero-order valence-electron chi connectivity index (χ0n) is 27.9. The summed E-state index contributed by atoms with van der Waals surface area (Å²) in [6.45, 7) is 11.8. The molecule has 242 valence electrons. The molecule has 0 radical (unpaired) electrons. The molecule has 3 aromatic rings. The Bertz CT molecular complexity index is 1690. The molecular weight excluding hydrogens is 588 g/mol. The number of benzene rings is 2. The molecule has 2 heterocycles. The second-order valence-electron chi connectivity index (χ2n) is 13.0. The third-order valence-corrected chi connectivity index (χ3v) is 13.5. The second kappa shape index (κ2) is 13.5. The Morgan fingerprint density at radius 2 is 1.76 bits per heavy atom. The van der Waals surface area contributed by atoms with Gasteiger partial charge in [-0.05, 0) is 41.8 Å². The molecule has 45 heavy (non-hydrogen) atoms. The number of aryl methyl sites for hydroxylation is 1. The Labute approximate surface area is 266 Å². The zero-order valence-corrected chi connectivity index (χ0v) is 28.9. The predicted molar refractivity (Wildman–Crippen MR) is 181 cm³/mol. The normalized spacial score (nSPS) is 15.4. The van der Waals surface area contributed by atoms with Crippen molar-refractivity contribution in [3.63, 3.8) is 0 Å². The molecule has 0 spiro atoms. The van der Waals surface area contributed by atoms with Crippen LogP contribution in [0.15, 0.2) is 64.3 Å². The van der Waals surface area contributed by atoms with Crippen LogP contribution < -0.4 is 26.0 Å². The molecule has 0 bridgehead atoms. The Morgan fingerprint density at radius 1 is 1.07 bits per heavy atom. The van der Waals surface area contributed by atoms with Crippen LogP contribution >= 0.6 is 0 Å². The molecule has 1 N–H and O–H groups in total. The lowest BCUT2D eigenvalue weighted by Gasteiger charge is -2.41. The number of amides is 1. The third-order valence-electron chi connectivity index (χ3n) is 8.97. The minimum absolute atomic E-state index is 0.0227. The molecule has 1 aliphatic rings. The number of rotatable bonds is 10. The van der Waals surface area contributed by atoms with E-state index in [4.69, 9.17) is 13.9 Å². The van der Waals surface area contributed by atoms with Gasteiger partial charge in [0.2, 0.25) is 0 Å². The highest BCUT2D eigenvalue weighted by atomic mass is 28.4. The molecule has 1 amide bonds. The number of nitrogens with zero attached hydrogens (tertiary/aromatic N) is 3. The van der Waals surface area contributed by atoms with Crippen LogP contribution in [0.25, 0.3) is 5.57 Å². The van der Waals surface area contributed by atoms with Gasteiger partial charge in [-0.2, -0.15) is 0 Å². The van der Waals surface area contributed by atoms with Gasteiger partial charge in [-0.3, -0.25) is 14.2 Å². The van der Waals surface area contributed by atoms with E-state index in [0.717, 1.165) is 15.7 Å². The molecule has 1 aromatic heterocycles. The lowest BCUT2D eigenvalue weighted by atomic mass is 9.95. The highest BCUT2D eigenvalue weighted by Crippen LogP contribution is 2.39. The predicted octanol–water partition coefficient (Wildman–Crippen LogP) is 5.03. The molecule has 1 atom stereocenters. The molecule has 0 saturated heterocycles. The van der Waals surface area contributed by atoms with E-state index in [-0.39, 0.29) is 34.8 Å². The van der Waals surface area contributed by atoms with Gasteiger partial charge in [0.25, 0.3) is 11.5 Å². The number of carbonyl (C=O) groups is 1. The van der Waals surface area contributed by atoms with Gasteiger partial charge in [0.15, 0.2) is 19.8 Å². The summed E-state index contributed by atoms with van der Waals surface area (Å²) in [5.74, 6) is 0.774. The first kappa shape index (κ1) is 33.8. The molecule has 0 unspecified atom stereocenters. The average molecular weight is 635 g/mol. The maximum Gasteiger partial charge on any atom is 0.330 e. The summed E-state index contributed by atoms with van der Waals surface area (Å²) < 4.78 is 20.9. The number of hydrogen-bond acceptors (Lipinski definition) is 7. The van der Waals surface area contributed by atoms with E-state index in [1.54, 1.807) is 44.4 Å². The summed E-state index contributed by atoms with van der Waals surface area (Å²) in [4.78, 5) is 41.6. The molecule has 2 aromatic carbocycles. The quantitative estimate of drug-likeness (QED) is 0.312. The lowest BCUT2D eigenvalue weighted by Crippen LogP contribution is -2.50. The number of hydrogen-bond donors (Lipinski definition) is 1. The fraction of sp³-hybridized carbons (Fsp3) is 0.441. The van der Waals surface area contributed by atoms with Crippen LogP contribution in [0.5, 0.6) is 11.5 Å². The highest BCUT2D eigenvalue weighted by Gasteiger charge is 2.39. The Balaban J connectivity index is 1.71. The second-order valence-corrected chi connectivity index (χ2v) is 17.8. The largest absolute Gasteiger partial charge is 0.493 e. The Kier molecular flexibility index (Phi) is 10.1. The van der Waals surface area contributed by atoms with E-state index in [1.807, 2.05) is 36.4 Å². The number of ether oxygens (including phenoxy) is 2. The lowest BCUT2D eigenvalue weighted by molar-refractivity contribution is 0.0627. The maximum atomic E-state index is 14.3. The van der Waals surface area contributed by atoms with Crippen LogP contribution in [0.3, 0.4) is 0 Å². The number of nitrogens with one attached hydrogen (secondary N) is 1. The van der Waals surface area contributed by atoms with Crippen LogP contribution in [0.2, 0.25) is 18.1 Å². The first-order valence-electron chi connectivity index (χ1n) is 15.2. The summed E-state index contributed by atoms with van der Waals surface area (Å²) in [6, 6.07) is 13.0. The van der Waals surface area contributed by atoms with E-state index in [1.165, 1.54) is 11.6 Å². The van der Waals surface area contributed by atoms with Crippen molar-refractivity contribution >= 4 is 25.5 Å². The monoisotopic (exact) mass is 634 g/mol. The summed E-state index contributed by atoms with van der Waals surface area (Å²) in [5.41, 5.74) is 2.54. The molecule has 0 fully saturated rings. The van der Waals surface area contributed by atoms with Crippen LogP contribution in [0.1, 0.15) is 48.7 Å². The van der Waals surface area contributed by atoms with Crippen molar-refractivity contribution in [2.45, 2.75) is 58.0 Å². The number of methoxy groups -OCH3 is 1. The standard InChI is InChI=1S/C34H46N4O6Si/c1-34(2,3)45(8,9)44-22-25-17-24(27-20-36(5)33(41)37(6)31(27)39)15-16-38(25)32(40)26-18-29(42-7)30(19-28(26)35-4)43-21-23-13-11-10-12-14-23/h10-15,18-20,25,35H,16-17,21-22H2,1-9H3/t25-/m0/s1. The van der Waals surface area contributed by atoms with Crippen LogP contribution in [-0.2, 0) is 25.1 Å². The minimum atomic E-state index is -2.16. The van der Waals surface area contributed by atoms with Crippen molar-refractivity contribution in [3.05, 3.63) is 92.3 Å². The topological polar surface area (TPSA) is 104 Å². The molecule has 11 heteroatoms. The fourth-order valence-electron chi connectivity index (χ4n) is 5.08. The molecule has 0 aliphatic carbocycles. The first-order valence-corrected chi connectivity index (χ1v) is 18.1. The summed E-state index contributed by atoms with van der Waals surface area (Å²) in [7, 11) is 4.26. The number of carbonyl (C=O) groups excluding carboxylic acids is 1. The first-order chi connectivity index (χ1) is 21.2. The van der Waals surface area contributed by atoms with E-state index in [9.17, 15) is 14.4 Å². The van der Waals surface area contributed by atoms with Crippen molar-refractivity contribution < 1.29 is 18.7 Å². The molecule has 0 saturated carbocycles. The van der Waals surface area contributed by atoms with Crippen molar-refractivity contribution in [3.8, 4) is 11.5 Å². The van der Waals surface area contributed by atoms with Crippen molar-refractivity contribution in [1.29, 1.82) is 0 Å². The SMILES string of the molecule is CNc1cc(OCc2ccccc2)c(OC)cc1C(=O)N1CC=C(c2cn(C)c(=O)n(C)c2=O)C[C@H]1CO[Si](C)(C)C(C)(C)C. The van der Waals surface area contributed by atoms with Gasteiger partial charge in [0.05, 0.1) is 36.6 Å². The Morgan fingerprint density at radius 3 is 2.38 bits per heavy atom. The molecule has 10 nitrogen and oxygen atoms in total. The van der Waals surface area contributed by atoms with Gasteiger partial charge in [0.1, 0.15) is 6.61 Å². The summed E-state index contributed by atoms with van der Waals surface area (Å²) >= 11 is 0. The molecule has 1 aliphatic heterocycles. The Hall–Kier alpha value is -4.09. The van der Waals surface area contributed by atoms with Crippen LogP contribution in [0.4, 0.5) is 5.69 Å². The van der Waals surface area contributed by atoms with Gasteiger partial charge in [-0.25, -0.2) is 4.79 Å². The van der Waals surface area contributed by atoms with E-state index < -0.39 is 8.32 Å². The highest BCUT2D eigenvalue weighted by molar-refractivity contribution is 6.74. The van der Waals surface area contributed by atoms with Crippen molar-refractivity contribution in [2.75, 3.05) is 32.6 Å².